The van der Waals surface area contributed by atoms with Gasteiger partial charge in [-0.25, -0.2) is 0 Å². The van der Waals surface area contributed by atoms with Gasteiger partial charge < -0.3 is 20.1 Å². The number of nitrogens with zero attached hydrogens (tertiary/aromatic N) is 1. The summed E-state index contributed by atoms with van der Waals surface area (Å²) in [5, 5.41) is 30.6. The minimum atomic E-state index is -1.04. The van der Waals surface area contributed by atoms with Crippen molar-refractivity contribution in [3.63, 3.8) is 0 Å². The predicted octanol–water partition coefficient (Wildman–Crippen LogP) is -0.0728. The Balaban J connectivity index is 2.30. The normalized spacial score (nSPS) is 51.9. The lowest BCUT2D eigenvalue weighted by molar-refractivity contribution is -0.906. The number of carboxylic acid groups (broad SMARTS) is 1. The van der Waals surface area contributed by atoms with Crippen molar-refractivity contribution in [1.29, 1.82) is 0 Å². The van der Waals surface area contributed by atoms with Crippen LogP contribution in [0.1, 0.15) is 19.3 Å². The maximum Gasteiger partial charge on any atom is 0.315 e. The highest BCUT2D eigenvalue weighted by Crippen LogP contribution is 2.43. The molecule has 0 amide bonds. The van der Waals surface area contributed by atoms with E-state index < -0.39 is 28.7 Å². The summed E-state index contributed by atoms with van der Waals surface area (Å²) in [6.45, 7) is 0. The van der Waals surface area contributed by atoms with Crippen molar-refractivity contribution in [2.24, 2.45) is 5.92 Å². The number of quaternary nitrogens is 1. The Hall–Kier alpha value is -0.650. The molecule has 2 fully saturated rings. The van der Waals surface area contributed by atoms with Crippen LogP contribution in [0.4, 0.5) is 0 Å². The molecule has 0 saturated carbocycles. The molecule has 0 radical (unpaired) electrons. The molecule has 2 heterocycles. The molecule has 1 unspecified atom stereocenters. The molecule has 2 rings (SSSR count). The van der Waals surface area contributed by atoms with Gasteiger partial charge in [0.2, 0.25) is 0 Å². The van der Waals surface area contributed by atoms with Crippen molar-refractivity contribution in [1.82, 2.24) is 0 Å². The fourth-order valence-corrected chi connectivity index (χ4v) is 2.98. The third-order valence-corrected chi connectivity index (χ3v) is 3.81. The van der Waals surface area contributed by atoms with Crippen LogP contribution in [0.3, 0.4) is 0 Å². The average Bonchev–Trinajstić information content (AvgIpc) is 2.30. The first-order chi connectivity index (χ1) is 6.44. The first-order valence-corrected chi connectivity index (χ1v) is 4.92. The highest BCUT2D eigenvalue weighted by molar-refractivity contribution is 5.71. The van der Waals surface area contributed by atoms with Crippen LogP contribution in [0.5, 0.6) is 0 Å². The Morgan fingerprint density at radius 1 is 1.50 bits per heavy atom. The Morgan fingerprint density at radius 2 is 2.14 bits per heavy atom. The fraction of sp³-hybridized carbons (Fsp3) is 0.889. The quantitative estimate of drug-likeness (QED) is 0.459. The molecule has 2 aliphatic rings. The van der Waals surface area contributed by atoms with Gasteiger partial charge >= 0.3 is 5.97 Å². The number of piperidine rings is 1. The number of aliphatic hydroxyl groups is 1. The SMILES string of the molecule is C[N+]1([O-])[C@H]2CC[C@@H]1[C@@H](C(=O)O)[C@@H](O)C2. The number of hydroxylamine groups is 3. The molecule has 0 spiro atoms. The van der Waals surface area contributed by atoms with E-state index in [4.69, 9.17) is 5.11 Å². The van der Waals surface area contributed by atoms with Gasteiger partial charge in [-0.1, -0.05) is 0 Å². The number of hydrogen-bond donors (Lipinski definition) is 2. The second kappa shape index (κ2) is 2.92. The van der Waals surface area contributed by atoms with Crippen molar-refractivity contribution in [2.75, 3.05) is 7.05 Å². The van der Waals surface area contributed by atoms with Crippen LogP contribution in [0, 0.1) is 11.1 Å². The number of rotatable bonds is 1. The summed E-state index contributed by atoms with van der Waals surface area (Å²) in [5.74, 6) is -1.92. The highest BCUT2D eigenvalue weighted by atomic mass is 16.6. The van der Waals surface area contributed by atoms with Gasteiger partial charge in [-0.05, 0) is 0 Å². The molecular formula is C9H15NO4. The van der Waals surface area contributed by atoms with E-state index in [9.17, 15) is 15.1 Å². The van der Waals surface area contributed by atoms with Gasteiger partial charge in [-0.2, -0.15) is 0 Å². The topological polar surface area (TPSA) is 80.6 Å². The molecule has 14 heavy (non-hydrogen) atoms. The summed E-state index contributed by atoms with van der Waals surface area (Å²) in [5.41, 5.74) is 0. The van der Waals surface area contributed by atoms with Gasteiger partial charge in [0.1, 0.15) is 12.0 Å². The number of carbonyl (C=O) groups is 1. The summed E-state index contributed by atoms with van der Waals surface area (Å²) in [6, 6.07) is -0.563. The molecule has 2 saturated heterocycles. The number of fused-ring (bicyclic) bond motifs is 2. The Bertz CT molecular complexity index is 266. The van der Waals surface area contributed by atoms with E-state index >= 15 is 0 Å². The van der Waals surface area contributed by atoms with E-state index in [0.717, 1.165) is 6.42 Å². The molecule has 0 aromatic heterocycles. The lowest BCUT2D eigenvalue weighted by Crippen LogP contribution is -2.60. The first-order valence-electron chi connectivity index (χ1n) is 4.92. The van der Waals surface area contributed by atoms with E-state index in [1.807, 2.05) is 0 Å². The standard InChI is InChI=1S/C9H15NO4/c1-10(14)5-2-3-6(10)8(9(12)13)7(11)4-5/h5-8,11H,2-4H2,1H3,(H,12,13)/t5-,6+,7-,8+,10?/m0/s1. The van der Waals surface area contributed by atoms with Crippen LogP contribution in [-0.4, -0.2) is 46.1 Å². The summed E-state index contributed by atoms with van der Waals surface area (Å²) in [4.78, 5) is 10.9. The van der Waals surface area contributed by atoms with Crippen molar-refractivity contribution in [3.05, 3.63) is 5.21 Å². The van der Waals surface area contributed by atoms with Crippen LogP contribution >= 0.6 is 0 Å². The van der Waals surface area contributed by atoms with E-state index in [2.05, 4.69) is 0 Å². The smallest absolute Gasteiger partial charge is 0.315 e. The van der Waals surface area contributed by atoms with E-state index in [1.54, 1.807) is 0 Å². The molecule has 2 N–H and O–H groups in total. The van der Waals surface area contributed by atoms with Gasteiger partial charge in [0.15, 0.2) is 0 Å². The Kier molecular flexibility index (Phi) is 2.06. The Morgan fingerprint density at radius 3 is 2.71 bits per heavy atom. The van der Waals surface area contributed by atoms with Crippen molar-refractivity contribution in [2.45, 2.75) is 37.5 Å². The fourth-order valence-electron chi connectivity index (χ4n) is 2.98. The third kappa shape index (κ3) is 1.16. The van der Waals surface area contributed by atoms with Crippen LogP contribution < -0.4 is 0 Å². The third-order valence-electron chi connectivity index (χ3n) is 3.81. The van der Waals surface area contributed by atoms with Gasteiger partial charge in [-0.15, -0.1) is 0 Å². The Labute approximate surface area is 82.1 Å². The van der Waals surface area contributed by atoms with Crippen LogP contribution in [-0.2, 0) is 4.79 Å². The van der Waals surface area contributed by atoms with E-state index in [0.29, 0.717) is 12.8 Å². The lowest BCUT2D eigenvalue weighted by atomic mass is 9.87. The second-order valence-corrected chi connectivity index (χ2v) is 4.52. The largest absolute Gasteiger partial charge is 0.633 e. The van der Waals surface area contributed by atoms with Crippen LogP contribution in [0.25, 0.3) is 0 Å². The maximum atomic E-state index is 12.1. The molecule has 80 valence electrons. The molecule has 2 bridgehead atoms. The number of hydrogen-bond acceptors (Lipinski definition) is 3. The van der Waals surface area contributed by atoms with Gasteiger partial charge in [0.25, 0.3) is 0 Å². The summed E-state index contributed by atoms with van der Waals surface area (Å²) in [6.07, 6.45) is 0.850. The molecule has 0 aromatic carbocycles. The highest BCUT2D eigenvalue weighted by Gasteiger charge is 2.55. The first kappa shape index (κ1) is 9.89. The molecular weight excluding hydrogens is 186 g/mol. The summed E-state index contributed by atoms with van der Waals surface area (Å²) in [7, 11) is 1.53. The molecule has 0 aliphatic carbocycles. The van der Waals surface area contributed by atoms with Crippen LogP contribution in [0.15, 0.2) is 0 Å². The molecule has 2 aliphatic heterocycles. The summed E-state index contributed by atoms with van der Waals surface area (Å²) < 4.78 is -0.478. The molecule has 5 atom stereocenters. The van der Waals surface area contributed by atoms with E-state index in [-0.39, 0.29) is 6.04 Å². The van der Waals surface area contributed by atoms with Crippen molar-refractivity contribution < 1.29 is 19.7 Å². The minimum Gasteiger partial charge on any atom is -0.633 e. The summed E-state index contributed by atoms with van der Waals surface area (Å²) >= 11 is 0. The molecule has 5 heteroatoms. The van der Waals surface area contributed by atoms with Gasteiger partial charge in [0.05, 0.1) is 19.2 Å². The zero-order valence-corrected chi connectivity index (χ0v) is 8.09. The minimum absolute atomic E-state index is 0.106. The van der Waals surface area contributed by atoms with Gasteiger partial charge in [-0.3, -0.25) is 4.79 Å². The molecule has 0 aromatic rings. The van der Waals surface area contributed by atoms with E-state index in [1.165, 1.54) is 7.05 Å². The molecule has 5 nitrogen and oxygen atoms in total. The number of aliphatic hydroxyl groups excluding tert-OH is 1. The lowest BCUT2D eigenvalue weighted by Gasteiger charge is -2.51. The zero-order chi connectivity index (χ0) is 10.5. The zero-order valence-electron chi connectivity index (χ0n) is 8.09. The number of aliphatic carboxylic acids is 1. The van der Waals surface area contributed by atoms with Crippen molar-refractivity contribution in [3.8, 4) is 0 Å². The predicted molar refractivity (Wildman–Crippen MR) is 48.1 cm³/mol. The van der Waals surface area contributed by atoms with Crippen molar-refractivity contribution >= 4 is 5.97 Å². The monoisotopic (exact) mass is 201 g/mol. The number of carboxylic acids is 1. The van der Waals surface area contributed by atoms with Gasteiger partial charge in [0, 0.05) is 19.3 Å². The second-order valence-electron chi connectivity index (χ2n) is 4.52. The van der Waals surface area contributed by atoms with Crippen LogP contribution in [0.2, 0.25) is 0 Å². The average molecular weight is 201 g/mol. The maximum absolute atomic E-state index is 12.1.